The summed E-state index contributed by atoms with van der Waals surface area (Å²) in [5, 5.41) is 15.6. The number of piperidine rings is 1. The average Bonchev–Trinajstić information content (AvgIpc) is 3.38. The Labute approximate surface area is 262 Å². The van der Waals surface area contributed by atoms with Crippen molar-refractivity contribution in [2.24, 2.45) is 5.92 Å². The molecule has 1 fully saturated rings. The number of fused-ring (bicyclic) bond motifs is 1. The number of likely N-dealkylation sites (tertiary alicyclic amines) is 1. The van der Waals surface area contributed by atoms with E-state index in [-0.39, 0.29) is 16.7 Å². The minimum absolute atomic E-state index is 0.0445. The summed E-state index contributed by atoms with van der Waals surface area (Å²) in [6, 6.07) is 30.8. The zero-order valence-corrected chi connectivity index (χ0v) is 25.4. The van der Waals surface area contributed by atoms with E-state index in [1.807, 2.05) is 60.7 Å². The maximum absolute atomic E-state index is 13.4. The van der Waals surface area contributed by atoms with Crippen molar-refractivity contribution in [2.45, 2.75) is 24.2 Å². The van der Waals surface area contributed by atoms with Crippen LogP contribution in [0.5, 0.6) is 0 Å². The molecule has 2 aliphatic heterocycles. The van der Waals surface area contributed by atoms with Gasteiger partial charge in [0, 0.05) is 29.2 Å². The van der Waals surface area contributed by atoms with Gasteiger partial charge in [-0.25, -0.2) is 8.42 Å². The number of amides is 1. The number of benzene rings is 4. The highest BCUT2D eigenvalue weighted by molar-refractivity contribution is 7.92. The van der Waals surface area contributed by atoms with Gasteiger partial charge in [0.25, 0.3) is 15.9 Å². The van der Waals surface area contributed by atoms with Gasteiger partial charge in [-0.15, -0.1) is 0 Å². The molecule has 0 aliphatic carbocycles. The van der Waals surface area contributed by atoms with Gasteiger partial charge in [-0.2, -0.15) is 0 Å². The average molecular weight is 623 g/mol. The molecule has 0 saturated carbocycles. The number of carboxylic acids is 1. The molecule has 0 atom stereocenters. The fourth-order valence-corrected chi connectivity index (χ4v) is 6.84. The molecule has 10 heteroatoms. The number of aliphatic carboxylic acids is 1. The fraction of sp³-hybridized carbons (Fsp3) is 0.200. The lowest BCUT2D eigenvalue weighted by Crippen LogP contribution is -2.37. The van der Waals surface area contributed by atoms with Crippen LogP contribution in [0.25, 0.3) is 11.3 Å². The highest BCUT2D eigenvalue weighted by Gasteiger charge is 2.30. The molecule has 0 bridgehead atoms. The van der Waals surface area contributed by atoms with Crippen molar-refractivity contribution in [3.63, 3.8) is 0 Å². The summed E-state index contributed by atoms with van der Waals surface area (Å²) < 4.78 is 29.2. The summed E-state index contributed by atoms with van der Waals surface area (Å²) in [6.45, 7) is 2.44. The highest BCUT2D eigenvalue weighted by atomic mass is 32.2. The highest BCUT2D eigenvalue weighted by Crippen LogP contribution is 2.39. The minimum atomic E-state index is -3.91. The number of nitrogens with one attached hydrogen (secondary N) is 3. The van der Waals surface area contributed by atoms with Gasteiger partial charge in [0.2, 0.25) is 0 Å². The van der Waals surface area contributed by atoms with Gasteiger partial charge in [0.05, 0.1) is 22.1 Å². The Bertz CT molecular complexity index is 1830. The number of carbonyl (C=O) groups is 2. The maximum atomic E-state index is 13.4. The molecule has 2 aliphatic rings. The molecule has 45 heavy (non-hydrogen) atoms. The topological polar surface area (TPSA) is 128 Å². The van der Waals surface area contributed by atoms with E-state index in [1.165, 1.54) is 12.1 Å². The van der Waals surface area contributed by atoms with Crippen LogP contribution in [0, 0.1) is 5.92 Å². The van der Waals surface area contributed by atoms with Gasteiger partial charge in [-0.05, 0) is 85.9 Å². The van der Waals surface area contributed by atoms with E-state index in [1.54, 1.807) is 30.3 Å². The van der Waals surface area contributed by atoms with Crippen LogP contribution in [-0.4, -0.2) is 49.9 Å². The summed E-state index contributed by atoms with van der Waals surface area (Å²) >= 11 is 0. The van der Waals surface area contributed by atoms with Crippen molar-refractivity contribution >= 4 is 50.2 Å². The smallest absolute Gasteiger partial charge is 0.306 e. The Morgan fingerprint density at radius 2 is 1.53 bits per heavy atom. The van der Waals surface area contributed by atoms with Crippen LogP contribution in [0.15, 0.2) is 108 Å². The second-order valence-corrected chi connectivity index (χ2v) is 13.0. The Morgan fingerprint density at radius 1 is 0.867 bits per heavy atom. The summed E-state index contributed by atoms with van der Waals surface area (Å²) in [4.78, 5) is 27.0. The zero-order chi connectivity index (χ0) is 31.4. The molecule has 1 saturated heterocycles. The summed E-state index contributed by atoms with van der Waals surface area (Å²) in [5.41, 5.74) is 5.09. The van der Waals surface area contributed by atoms with Crippen LogP contribution in [-0.2, 0) is 26.0 Å². The Morgan fingerprint density at radius 3 is 2.20 bits per heavy atom. The Kier molecular flexibility index (Phi) is 8.68. The van der Waals surface area contributed by atoms with E-state index in [9.17, 15) is 23.1 Å². The van der Waals surface area contributed by atoms with E-state index in [0.717, 1.165) is 42.9 Å². The van der Waals surface area contributed by atoms with Gasteiger partial charge in [-0.3, -0.25) is 14.3 Å². The third kappa shape index (κ3) is 6.92. The molecular weight excluding hydrogens is 588 g/mol. The lowest BCUT2D eigenvalue weighted by atomic mass is 9.97. The lowest BCUT2D eigenvalue weighted by molar-refractivity contribution is -0.143. The Balaban J connectivity index is 1.25. The van der Waals surface area contributed by atoms with Crippen LogP contribution in [0.1, 0.15) is 29.5 Å². The predicted molar refractivity (Wildman–Crippen MR) is 176 cm³/mol. The number of para-hydroxylation sites is 1. The van der Waals surface area contributed by atoms with Crippen molar-refractivity contribution < 1.29 is 23.1 Å². The first-order valence-electron chi connectivity index (χ1n) is 14.9. The molecule has 0 unspecified atom stereocenters. The monoisotopic (exact) mass is 622 g/mol. The number of hydrogen-bond donors (Lipinski definition) is 4. The predicted octanol–water partition coefficient (Wildman–Crippen LogP) is 5.76. The third-order valence-electron chi connectivity index (χ3n) is 8.26. The molecular formula is C35H34N4O5S. The second kappa shape index (κ2) is 13.0. The number of carbonyl (C=O) groups excluding carboxylic acids is 1. The van der Waals surface area contributed by atoms with E-state index < -0.39 is 16.0 Å². The quantitative estimate of drug-likeness (QED) is 0.166. The minimum Gasteiger partial charge on any atom is -0.481 e. The molecule has 4 aromatic carbocycles. The fourth-order valence-electron chi connectivity index (χ4n) is 5.76. The van der Waals surface area contributed by atoms with Crippen molar-refractivity contribution in [3.8, 4) is 0 Å². The first kappa shape index (κ1) is 30.1. The molecule has 0 spiro atoms. The SMILES string of the molecule is O=C1Nc2ccc(S(=O)(=O)Nc3ccccc3)cc2C1=C(Nc1ccc(CCN2CCC(C(=O)O)CC2)cc1)c1ccccc1. The third-order valence-corrected chi connectivity index (χ3v) is 9.64. The molecule has 4 N–H and O–H groups in total. The maximum Gasteiger partial charge on any atom is 0.306 e. The first-order valence-corrected chi connectivity index (χ1v) is 16.4. The molecule has 230 valence electrons. The first-order chi connectivity index (χ1) is 21.8. The number of hydrogen-bond acceptors (Lipinski definition) is 6. The molecule has 2 heterocycles. The van der Waals surface area contributed by atoms with E-state index in [2.05, 4.69) is 20.3 Å². The normalized spacial score (nSPS) is 16.5. The molecule has 0 radical (unpaired) electrons. The van der Waals surface area contributed by atoms with E-state index in [0.29, 0.717) is 41.1 Å². The number of carboxylic acid groups (broad SMARTS) is 1. The van der Waals surface area contributed by atoms with E-state index in [4.69, 9.17) is 0 Å². The largest absolute Gasteiger partial charge is 0.481 e. The van der Waals surface area contributed by atoms with Crippen LogP contribution >= 0.6 is 0 Å². The van der Waals surface area contributed by atoms with Gasteiger partial charge >= 0.3 is 5.97 Å². The van der Waals surface area contributed by atoms with Gasteiger partial charge in [0.1, 0.15) is 0 Å². The van der Waals surface area contributed by atoms with Crippen molar-refractivity contribution in [1.29, 1.82) is 0 Å². The van der Waals surface area contributed by atoms with E-state index >= 15 is 0 Å². The molecule has 6 rings (SSSR count). The molecule has 0 aromatic heterocycles. The van der Waals surface area contributed by atoms with Crippen LogP contribution < -0.4 is 15.4 Å². The van der Waals surface area contributed by atoms with Crippen molar-refractivity contribution in [3.05, 3.63) is 120 Å². The van der Waals surface area contributed by atoms with Crippen LogP contribution in [0.4, 0.5) is 17.1 Å². The van der Waals surface area contributed by atoms with Crippen LogP contribution in [0.3, 0.4) is 0 Å². The molecule has 1 amide bonds. The number of sulfonamides is 1. The summed E-state index contributed by atoms with van der Waals surface area (Å²) in [6.07, 6.45) is 2.21. The van der Waals surface area contributed by atoms with Crippen LogP contribution in [0.2, 0.25) is 0 Å². The lowest BCUT2D eigenvalue weighted by Gasteiger charge is -2.29. The van der Waals surface area contributed by atoms with Crippen molar-refractivity contribution in [1.82, 2.24) is 4.90 Å². The zero-order valence-electron chi connectivity index (χ0n) is 24.6. The van der Waals surface area contributed by atoms with Gasteiger partial charge in [0.15, 0.2) is 0 Å². The summed E-state index contributed by atoms with van der Waals surface area (Å²) in [5.74, 6) is -1.27. The summed E-state index contributed by atoms with van der Waals surface area (Å²) in [7, 11) is -3.91. The number of anilines is 3. The Hall–Kier alpha value is -4.93. The standard InChI is InChI=1S/C35H34N4O5S/c40-34-32(30-23-29(15-16-31(30)37-34)45(43,44)38-28-9-5-2-6-10-28)33(25-7-3-1-4-8-25)36-27-13-11-24(12-14-27)17-20-39-21-18-26(19-22-39)35(41)42/h1-16,23,26,36,38H,17-22H2,(H,37,40)(H,41,42). The number of nitrogens with zero attached hydrogens (tertiary/aromatic N) is 1. The van der Waals surface area contributed by atoms with Gasteiger partial charge < -0.3 is 20.6 Å². The molecule has 9 nitrogen and oxygen atoms in total. The van der Waals surface area contributed by atoms with Crippen molar-refractivity contribution in [2.75, 3.05) is 35.0 Å². The number of rotatable bonds is 10. The second-order valence-electron chi connectivity index (χ2n) is 11.3. The van der Waals surface area contributed by atoms with Gasteiger partial charge in [-0.1, -0.05) is 60.7 Å². The molecule has 4 aromatic rings.